The smallest absolute Gasteiger partial charge is 0.251 e. The summed E-state index contributed by atoms with van der Waals surface area (Å²) >= 11 is 0. The van der Waals surface area contributed by atoms with Crippen molar-refractivity contribution in [2.24, 2.45) is 0 Å². The van der Waals surface area contributed by atoms with Gasteiger partial charge in [0.25, 0.3) is 5.91 Å². The fourth-order valence-electron chi connectivity index (χ4n) is 2.78. The molecule has 2 rings (SSSR count). The van der Waals surface area contributed by atoms with Crippen LogP contribution in [0.1, 0.15) is 36.2 Å². The van der Waals surface area contributed by atoms with Gasteiger partial charge in [-0.05, 0) is 44.0 Å². The summed E-state index contributed by atoms with van der Waals surface area (Å²) in [6.07, 6.45) is 3.21. The van der Waals surface area contributed by atoms with Crippen LogP contribution in [0.5, 0.6) is 0 Å². The molecule has 1 aromatic carbocycles. The summed E-state index contributed by atoms with van der Waals surface area (Å²) in [6, 6.07) is 8.80. The fraction of sp³-hybridized carbons (Fsp3) is 0.474. The number of carbonyl (C=O) groups is 1. The van der Waals surface area contributed by atoms with Crippen molar-refractivity contribution in [3.8, 4) is 6.07 Å². The molecule has 0 radical (unpaired) electrons. The SMILES string of the molecule is CCOCCN1CCC=C([C@@H](C)NC(=O)c2cccc(C#N)c2)C1. The molecule has 0 saturated carbocycles. The number of rotatable bonds is 7. The predicted molar refractivity (Wildman–Crippen MR) is 93.7 cm³/mol. The summed E-state index contributed by atoms with van der Waals surface area (Å²) in [5, 5.41) is 12.0. The Hall–Kier alpha value is -2.16. The first-order chi connectivity index (χ1) is 11.6. The van der Waals surface area contributed by atoms with Crippen molar-refractivity contribution in [3.05, 3.63) is 47.0 Å². The first kappa shape index (κ1) is 18.2. The molecule has 0 unspecified atom stereocenters. The number of nitrogens with one attached hydrogen (secondary N) is 1. The molecule has 0 aromatic heterocycles. The monoisotopic (exact) mass is 327 g/mol. The summed E-state index contributed by atoms with van der Waals surface area (Å²) in [5.74, 6) is -0.146. The number of benzene rings is 1. The third-order valence-corrected chi connectivity index (χ3v) is 4.17. The zero-order valence-corrected chi connectivity index (χ0v) is 14.4. The molecular weight excluding hydrogens is 302 g/mol. The molecule has 0 saturated heterocycles. The van der Waals surface area contributed by atoms with Gasteiger partial charge in [-0.1, -0.05) is 12.1 Å². The van der Waals surface area contributed by atoms with Crippen molar-refractivity contribution < 1.29 is 9.53 Å². The summed E-state index contributed by atoms with van der Waals surface area (Å²) in [6.45, 7) is 8.28. The Morgan fingerprint density at radius 1 is 1.50 bits per heavy atom. The minimum absolute atomic E-state index is 0.0295. The number of hydrogen-bond acceptors (Lipinski definition) is 4. The summed E-state index contributed by atoms with van der Waals surface area (Å²) in [4.78, 5) is 14.7. The van der Waals surface area contributed by atoms with Gasteiger partial charge in [0.05, 0.1) is 18.2 Å². The van der Waals surface area contributed by atoms with Crippen molar-refractivity contribution in [2.45, 2.75) is 26.3 Å². The lowest BCUT2D eigenvalue weighted by molar-refractivity contribution is 0.0939. The van der Waals surface area contributed by atoms with Crippen molar-refractivity contribution in [2.75, 3.05) is 32.8 Å². The summed E-state index contributed by atoms with van der Waals surface area (Å²) < 4.78 is 5.42. The molecule has 0 fully saturated rings. The van der Waals surface area contributed by atoms with E-state index in [1.54, 1.807) is 24.3 Å². The van der Waals surface area contributed by atoms with Crippen molar-refractivity contribution in [1.29, 1.82) is 5.26 Å². The van der Waals surface area contributed by atoms with Gasteiger partial charge in [0.1, 0.15) is 0 Å². The van der Waals surface area contributed by atoms with Crippen LogP contribution in [0.25, 0.3) is 0 Å². The first-order valence-electron chi connectivity index (χ1n) is 8.44. The molecule has 5 heteroatoms. The lowest BCUT2D eigenvalue weighted by Gasteiger charge is -2.30. The molecule has 1 atom stereocenters. The van der Waals surface area contributed by atoms with Gasteiger partial charge < -0.3 is 10.1 Å². The molecular formula is C19H25N3O2. The Bertz CT molecular complexity index is 634. The van der Waals surface area contributed by atoms with Crippen LogP contribution in [0.2, 0.25) is 0 Å². The van der Waals surface area contributed by atoms with E-state index in [2.05, 4.69) is 22.4 Å². The molecule has 1 aliphatic rings. The van der Waals surface area contributed by atoms with Crippen LogP contribution in [-0.4, -0.2) is 49.7 Å². The van der Waals surface area contributed by atoms with Gasteiger partial charge in [-0.2, -0.15) is 5.26 Å². The second kappa shape index (κ2) is 9.21. The maximum atomic E-state index is 12.4. The predicted octanol–water partition coefficient (Wildman–Crippen LogP) is 2.35. The number of ether oxygens (including phenoxy) is 1. The van der Waals surface area contributed by atoms with Crippen molar-refractivity contribution >= 4 is 5.91 Å². The lowest BCUT2D eigenvalue weighted by atomic mass is 10.0. The van der Waals surface area contributed by atoms with Gasteiger partial charge in [-0.15, -0.1) is 0 Å². The standard InChI is InChI=1S/C19H25N3O2/c1-3-24-11-10-22-9-5-8-18(14-22)15(2)21-19(23)17-7-4-6-16(12-17)13-20/h4,6-8,12,15H,3,5,9-11,14H2,1-2H3,(H,21,23)/t15-/m1/s1. The van der Waals surface area contributed by atoms with Crippen LogP contribution in [0.4, 0.5) is 0 Å². The zero-order valence-electron chi connectivity index (χ0n) is 14.4. The van der Waals surface area contributed by atoms with E-state index >= 15 is 0 Å². The number of amides is 1. The molecule has 1 aliphatic heterocycles. The first-order valence-corrected chi connectivity index (χ1v) is 8.44. The largest absolute Gasteiger partial charge is 0.380 e. The molecule has 1 aromatic rings. The van der Waals surface area contributed by atoms with E-state index in [4.69, 9.17) is 10.00 Å². The minimum atomic E-state index is -0.146. The van der Waals surface area contributed by atoms with E-state index in [-0.39, 0.29) is 11.9 Å². The van der Waals surface area contributed by atoms with Crippen molar-refractivity contribution in [1.82, 2.24) is 10.2 Å². The highest BCUT2D eigenvalue weighted by Crippen LogP contribution is 2.14. The maximum Gasteiger partial charge on any atom is 0.251 e. The molecule has 1 heterocycles. The highest BCUT2D eigenvalue weighted by Gasteiger charge is 2.19. The van der Waals surface area contributed by atoms with Gasteiger partial charge in [0, 0.05) is 37.8 Å². The van der Waals surface area contributed by atoms with Gasteiger partial charge in [-0.25, -0.2) is 0 Å². The quantitative estimate of drug-likeness (QED) is 0.617. The highest BCUT2D eigenvalue weighted by molar-refractivity contribution is 5.94. The third-order valence-electron chi connectivity index (χ3n) is 4.17. The van der Waals surface area contributed by atoms with E-state index < -0.39 is 0 Å². The Morgan fingerprint density at radius 2 is 2.33 bits per heavy atom. The van der Waals surface area contributed by atoms with Crippen molar-refractivity contribution in [3.63, 3.8) is 0 Å². The Labute approximate surface area is 143 Å². The second-order valence-electron chi connectivity index (χ2n) is 5.93. The van der Waals surface area contributed by atoms with Crippen LogP contribution in [-0.2, 0) is 4.74 Å². The second-order valence-corrected chi connectivity index (χ2v) is 5.93. The molecule has 128 valence electrons. The van der Waals surface area contributed by atoms with E-state index in [0.717, 1.165) is 39.3 Å². The number of carbonyl (C=O) groups excluding carboxylic acids is 1. The normalized spacial score (nSPS) is 16.1. The highest BCUT2D eigenvalue weighted by atomic mass is 16.5. The topological polar surface area (TPSA) is 65.4 Å². The Kier molecular flexibility index (Phi) is 6.98. The van der Waals surface area contributed by atoms with Crippen LogP contribution >= 0.6 is 0 Å². The fourth-order valence-corrected chi connectivity index (χ4v) is 2.78. The zero-order chi connectivity index (χ0) is 17.4. The van der Waals surface area contributed by atoms with E-state index in [0.29, 0.717) is 11.1 Å². The van der Waals surface area contributed by atoms with Gasteiger partial charge in [-0.3, -0.25) is 9.69 Å². The molecule has 0 aliphatic carbocycles. The van der Waals surface area contributed by atoms with Gasteiger partial charge in [0.15, 0.2) is 0 Å². The average Bonchev–Trinajstić information content (AvgIpc) is 2.62. The van der Waals surface area contributed by atoms with Crippen LogP contribution in [0, 0.1) is 11.3 Å². The average molecular weight is 327 g/mol. The Morgan fingerprint density at radius 3 is 3.08 bits per heavy atom. The van der Waals surface area contributed by atoms with E-state index in [1.165, 1.54) is 5.57 Å². The van der Waals surface area contributed by atoms with Crippen LogP contribution in [0.15, 0.2) is 35.9 Å². The summed E-state index contributed by atoms with van der Waals surface area (Å²) in [7, 11) is 0. The molecule has 5 nitrogen and oxygen atoms in total. The van der Waals surface area contributed by atoms with Gasteiger partial charge >= 0.3 is 0 Å². The number of nitriles is 1. The third kappa shape index (κ3) is 5.19. The van der Waals surface area contributed by atoms with Gasteiger partial charge in [0.2, 0.25) is 0 Å². The molecule has 0 spiro atoms. The van der Waals surface area contributed by atoms with Crippen LogP contribution in [0.3, 0.4) is 0 Å². The Balaban J connectivity index is 1.91. The van der Waals surface area contributed by atoms with Crippen LogP contribution < -0.4 is 5.32 Å². The molecule has 1 amide bonds. The molecule has 1 N–H and O–H groups in total. The minimum Gasteiger partial charge on any atom is -0.380 e. The summed E-state index contributed by atoms with van der Waals surface area (Å²) in [5.41, 5.74) is 2.24. The number of hydrogen-bond donors (Lipinski definition) is 1. The maximum absolute atomic E-state index is 12.4. The molecule has 0 bridgehead atoms. The lowest BCUT2D eigenvalue weighted by Crippen LogP contribution is -2.41. The van der Waals surface area contributed by atoms with E-state index in [1.807, 2.05) is 13.8 Å². The molecule has 24 heavy (non-hydrogen) atoms. The van der Waals surface area contributed by atoms with E-state index in [9.17, 15) is 4.79 Å². The number of nitrogens with zero attached hydrogens (tertiary/aromatic N) is 2.